The van der Waals surface area contributed by atoms with Gasteiger partial charge in [0.15, 0.2) is 6.10 Å². The molecule has 1 unspecified atom stereocenters. The van der Waals surface area contributed by atoms with Crippen molar-refractivity contribution in [1.29, 1.82) is 0 Å². The normalized spacial score (nSPS) is 12.0. The highest BCUT2D eigenvalue weighted by Gasteiger charge is 2.21. The molecule has 0 aliphatic heterocycles. The van der Waals surface area contributed by atoms with Crippen LogP contribution in [0.2, 0.25) is 10.0 Å². The molecule has 4 aromatic rings. The number of nitrogens with zero attached hydrogens (tertiary/aromatic N) is 1. The Morgan fingerprint density at radius 3 is 2.65 bits per heavy atom. The molecule has 158 valence electrons. The number of benzene rings is 3. The summed E-state index contributed by atoms with van der Waals surface area (Å²) in [6, 6.07) is 16.6. The predicted molar refractivity (Wildman–Crippen MR) is 136 cm³/mol. The molecule has 1 atom stereocenters. The number of anilines is 1. The third-order valence-electron chi connectivity index (χ3n) is 4.39. The van der Waals surface area contributed by atoms with Crippen LogP contribution in [0.15, 0.2) is 63.5 Å². The van der Waals surface area contributed by atoms with Crippen molar-refractivity contribution in [3.8, 4) is 16.3 Å². The molecule has 1 N–H and O–H groups in total. The van der Waals surface area contributed by atoms with Crippen molar-refractivity contribution in [2.24, 2.45) is 0 Å². The maximum absolute atomic E-state index is 12.9. The Morgan fingerprint density at radius 2 is 1.90 bits per heavy atom. The highest BCUT2D eigenvalue weighted by Crippen LogP contribution is 2.40. The molecule has 1 heterocycles. The van der Waals surface area contributed by atoms with E-state index in [0.29, 0.717) is 21.5 Å². The summed E-state index contributed by atoms with van der Waals surface area (Å²) in [4.78, 5) is 17.7. The van der Waals surface area contributed by atoms with Gasteiger partial charge in [-0.1, -0.05) is 51.3 Å². The van der Waals surface area contributed by atoms with Crippen molar-refractivity contribution >= 4 is 88.2 Å². The minimum atomic E-state index is -0.794. The molecule has 0 aliphatic rings. The molecule has 0 fully saturated rings. The molecule has 0 radical (unpaired) electrons. The Labute approximate surface area is 209 Å². The van der Waals surface area contributed by atoms with Gasteiger partial charge in [0, 0.05) is 19.5 Å². The summed E-state index contributed by atoms with van der Waals surface area (Å²) in [5, 5.41) is 4.60. The van der Waals surface area contributed by atoms with E-state index in [4.69, 9.17) is 32.9 Å². The van der Waals surface area contributed by atoms with Crippen molar-refractivity contribution < 1.29 is 9.53 Å². The van der Waals surface area contributed by atoms with E-state index in [0.717, 1.165) is 29.7 Å². The fourth-order valence-electron chi connectivity index (χ4n) is 2.90. The molecule has 0 spiro atoms. The summed E-state index contributed by atoms with van der Waals surface area (Å²) in [5.41, 5.74) is 2.32. The number of para-hydroxylation sites is 1. The lowest BCUT2D eigenvalue weighted by Gasteiger charge is -2.18. The molecule has 1 amide bonds. The van der Waals surface area contributed by atoms with Crippen LogP contribution >= 0.6 is 66.4 Å². The monoisotopic (exact) mass is 598 g/mol. The van der Waals surface area contributed by atoms with Crippen LogP contribution in [0.5, 0.6) is 5.75 Å². The van der Waals surface area contributed by atoms with Gasteiger partial charge in [-0.15, -0.1) is 11.3 Å². The summed E-state index contributed by atoms with van der Waals surface area (Å²) in [7, 11) is 0. The third kappa shape index (κ3) is 5.07. The predicted octanol–water partition coefficient (Wildman–Crippen LogP) is 8.20. The second-order valence-electron chi connectivity index (χ2n) is 6.62. The van der Waals surface area contributed by atoms with Crippen LogP contribution in [-0.2, 0) is 4.79 Å². The number of thiazole rings is 1. The average molecular weight is 601 g/mol. The highest BCUT2D eigenvalue weighted by atomic mass is 79.9. The molecule has 9 heteroatoms. The number of carbonyl (C=O) groups is 1. The van der Waals surface area contributed by atoms with Crippen molar-refractivity contribution in [2.45, 2.75) is 13.0 Å². The summed E-state index contributed by atoms with van der Waals surface area (Å²) in [5.74, 6) is 0.0615. The number of carbonyl (C=O) groups excluding carboxylic acids is 1. The van der Waals surface area contributed by atoms with E-state index in [1.165, 1.54) is 0 Å². The molecule has 0 aliphatic carbocycles. The minimum absolute atomic E-state index is 0.323. The van der Waals surface area contributed by atoms with Gasteiger partial charge in [0.25, 0.3) is 5.91 Å². The van der Waals surface area contributed by atoms with Gasteiger partial charge in [-0.2, -0.15) is 0 Å². The van der Waals surface area contributed by atoms with Gasteiger partial charge in [0.05, 0.1) is 20.9 Å². The lowest BCUT2D eigenvalue weighted by molar-refractivity contribution is -0.122. The lowest BCUT2D eigenvalue weighted by Crippen LogP contribution is -2.30. The van der Waals surface area contributed by atoms with E-state index in [9.17, 15) is 4.79 Å². The maximum atomic E-state index is 12.9. The number of nitrogens with one attached hydrogen (secondary N) is 1. The molecule has 4 rings (SSSR count). The van der Waals surface area contributed by atoms with Crippen LogP contribution in [0.25, 0.3) is 20.8 Å². The molecule has 31 heavy (non-hydrogen) atoms. The summed E-state index contributed by atoms with van der Waals surface area (Å²) >= 11 is 20.7. The van der Waals surface area contributed by atoms with E-state index in [1.807, 2.05) is 36.4 Å². The molecule has 1 aromatic heterocycles. The quantitative estimate of drug-likeness (QED) is 0.251. The number of halogens is 4. The van der Waals surface area contributed by atoms with E-state index < -0.39 is 6.10 Å². The van der Waals surface area contributed by atoms with Gasteiger partial charge in [0.1, 0.15) is 10.8 Å². The maximum Gasteiger partial charge on any atom is 0.265 e. The van der Waals surface area contributed by atoms with Gasteiger partial charge in [-0.3, -0.25) is 4.79 Å². The van der Waals surface area contributed by atoms with Crippen LogP contribution in [0.3, 0.4) is 0 Å². The van der Waals surface area contributed by atoms with Gasteiger partial charge in [-0.25, -0.2) is 4.98 Å². The first kappa shape index (κ1) is 22.6. The fourth-order valence-corrected chi connectivity index (χ4v) is 5.66. The zero-order valence-electron chi connectivity index (χ0n) is 16.0. The van der Waals surface area contributed by atoms with E-state index in [1.54, 1.807) is 36.5 Å². The molecule has 0 bridgehead atoms. The first-order chi connectivity index (χ1) is 14.8. The molecule has 4 nitrogen and oxygen atoms in total. The second-order valence-corrected chi connectivity index (χ2v) is 10.3. The van der Waals surface area contributed by atoms with Crippen LogP contribution in [0, 0.1) is 0 Å². The van der Waals surface area contributed by atoms with Crippen LogP contribution in [-0.4, -0.2) is 17.0 Å². The average Bonchev–Trinajstić information content (AvgIpc) is 3.15. The van der Waals surface area contributed by atoms with Crippen molar-refractivity contribution in [1.82, 2.24) is 4.98 Å². The Kier molecular flexibility index (Phi) is 6.89. The van der Waals surface area contributed by atoms with Crippen LogP contribution in [0.4, 0.5) is 5.69 Å². The minimum Gasteiger partial charge on any atom is -0.479 e. The number of amides is 1. The Morgan fingerprint density at radius 1 is 1.13 bits per heavy atom. The first-order valence-electron chi connectivity index (χ1n) is 9.09. The summed E-state index contributed by atoms with van der Waals surface area (Å²) in [6.45, 7) is 1.66. The summed E-state index contributed by atoms with van der Waals surface area (Å²) in [6.07, 6.45) is -0.794. The summed E-state index contributed by atoms with van der Waals surface area (Å²) < 4.78 is 8.41. The van der Waals surface area contributed by atoms with Crippen molar-refractivity contribution in [3.63, 3.8) is 0 Å². The first-order valence-corrected chi connectivity index (χ1v) is 12.2. The number of ether oxygens (including phenoxy) is 1. The lowest BCUT2D eigenvalue weighted by atomic mass is 10.1. The molecule has 3 aromatic carbocycles. The van der Waals surface area contributed by atoms with Crippen LogP contribution in [0.1, 0.15) is 6.92 Å². The SMILES string of the molecule is CC(Oc1ccc(Cl)cc1Cl)C(=O)Nc1c(Br)cc(Br)cc1-c1nc2ccccc2s1. The third-order valence-corrected chi connectivity index (χ3v) is 7.08. The van der Waals surface area contributed by atoms with Gasteiger partial charge in [-0.05, 0) is 65.3 Å². The topological polar surface area (TPSA) is 51.2 Å². The molecule has 0 saturated carbocycles. The van der Waals surface area contributed by atoms with E-state index in [-0.39, 0.29) is 5.91 Å². The second kappa shape index (κ2) is 9.46. The zero-order valence-corrected chi connectivity index (χ0v) is 21.5. The molecule has 0 saturated heterocycles. The largest absolute Gasteiger partial charge is 0.479 e. The Hall–Kier alpha value is -1.64. The number of fused-ring (bicyclic) bond motifs is 1. The Balaban J connectivity index is 1.63. The zero-order chi connectivity index (χ0) is 22.1. The van der Waals surface area contributed by atoms with Crippen molar-refractivity contribution in [3.05, 3.63) is 73.6 Å². The number of hydrogen-bond acceptors (Lipinski definition) is 4. The van der Waals surface area contributed by atoms with Crippen molar-refractivity contribution in [2.75, 3.05) is 5.32 Å². The number of aromatic nitrogens is 1. The van der Waals surface area contributed by atoms with Crippen LogP contribution < -0.4 is 10.1 Å². The Bertz CT molecular complexity index is 1260. The number of hydrogen-bond donors (Lipinski definition) is 1. The van der Waals surface area contributed by atoms with E-state index >= 15 is 0 Å². The fraction of sp³-hybridized carbons (Fsp3) is 0.0909. The number of rotatable bonds is 5. The highest BCUT2D eigenvalue weighted by molar-refractivity contribution is 9.11. The standard InChI is InChI=1S/C22H14Br2Cl2N2O2S/c1-11(30-18-7-6-13(25)10-16(18)26)21(29)28-20-14(8-12(23)9-15(20)24)22-27-17-4-2-3-5-19(17)31-22/h2-11H,1H3,(H,28,29). The van der Waals surface area contributed by atoms with Gasteiger partial charge in [0.2, 0.25) is 0 Å². The molecular formula is C22H14Br2Cl2N2O2S. The molecular weight excluding hydrogens is 587 g/mol. The van der Waals surface area contributed by atoms with Gasteiger partial charge < -0.3 is 10.1 Å². The van der Waals surface area contributed by atoms with E-state index in [2.05, 4.69) is 37.2 Å². The smallest absolute Gasteiger partial charge is 0.265 e. The van der Waals surface area contributed by atoms with Gasteiger partial charge >= 0.3 is 0 Å².